The van der Waals surface area contributed by atoms with Crippen LogP contribution in [0.25, 0.3) is 0 Å². The fourth-order valence-electron chi connectivity index (χ4n) is 1.57. The molecule has 0 aromatic carbocycles. The van der Waals surface area contributed by atoms with Crippen LogP contribution in [0.5, 0.6) is 5.75 Å². The fraction of sp³-hybridized carbons (Fsp3) is 0.600. The van der Waals surface area contributed by atoms with E-state index < -0.39 is 17.8 Å². The monoisotopic (exact) mass is 296 g/mol. The van der Waals surface area contributed by atoms with E-state index in [2.05, 4.69) is 10.3 Å². The number of carbonyl (C=O) groups is 1. The number of nitrogens with one attached hydrogen (secondary N) is 1. The van der Waals surface area contributed by atoms with E-state index in [0.29, 0.717) is 18.7 Å². The first-order valence-electron chi connectivity index (χ1n) is 6.98. The third-order valence-corrected chi connectivity index (χ3v) is 2.40. The van der Waals surface area contributed by atoms with Gasteiger partial charge in [0.15, 0.2) is 0 Å². The molecular weight excluding hydrogens is 272 g/mol. The first-order chi connectivity index (χ1) is 9.78. The molecule has 0 unspecified atom stereocenters. The number of rotatable bonds is 6. The molecule has 118 valence electrons. The second kappa shape index (κ2) is 7.83. The Balaban J connectivity index is 2.46. The second-order valence-electron chi connectivity index (χ2n) is 5.82. The van der Waals surface area contributed by atoms with E-state index in [9.17, 15) is 9.90 Å². The van der Waals surface area contributed by atoms with E-state index in [1.165, 1.54) is 0 Å². The van der Waals surface area contributed by atoms with Gasteiger partial charge < -0.3 is 19.9 Å². The summed E-state index contributed by atoms with van der Waals surface area (Å²) in [5, 5.41) is 11.9. The Morgan fingerprint density at radius 3 is 2.81 bits per heavy atom. The molecule has 1 aromatic heterocycles. The highest BCUT2D eigenvalue weighted by atomic mass is 16.6. The van der Waals surface area contributed by atoms with Crippen LogP contribution in [0.4, 0.5) is 4.79 Å². The van der Waals surface area contributed by atoms with Crippen LogP contribution in [-0.4, -0.2) is 41.0 Å². The van der Waals surface area contributed by atoms with E-state index in [1.54, 1.807) is 25.4 Å². The molecule has 21 heavy (non-hydrogen) atoms. The van der Waals surface area contributed by atoms with Crippen molar-refractivity contribution >= 4 is 6.09 Å². The molecule has 1 aromatic rings. The van der Waals surface area contributed by atoms with Gasteiger partial charge in [-0.3, -0.25) is 4.98 Å². The van der Waals surface area contributed by atoms with Gasteiger partial charge in [0, 0.05) is 24.5 Å². The lowest BCUT2D eigenvalue weighted by Gasteiger charge is -2.19. The maximum absolute atomic E-state index is 11.5. The number of amides is 1. The molecule has 0 spiro atoms. The zero-order chi connectivity index (χ0) is 15.9. The molecule has 0 bridgehead atoms. The summed E-state index contributed by atoms with van der Waals surface area (Å²) in [6, 6.07) is 1.74. The van der Waals surface area contributed by atoms with Crippen molar-refractivity contribution in [3.05, 3.63) is 24.0 Å². The molecule has 1 rings (SSSR count). The van der Waals surface area contributed by atoms with Crippen LogP contribution in [0.3, 0.4) is 0 Å². The Bertz CT molecular complexity index is 455. The summed E-state index contributed by atoms with van der Waals surface area (Å²) < 4.78 is 10.7. The van der Waals surface area contributed by atoms with Gasteiger partial charge in [0.25, 0.3) is 0 Å². The molecule has 1 heterocycles. The van der Waals surface area contributed by atoms with Crippen molar-refractivity contribution in [3.63, 3.8) is 0 Å². The van der Waals surface area contributed by atoms with Crippen molar-refractivity contribution in [2.45, 2.75) is 45.8 Å². The van der Waals surface area contributed by atoms with Crippen LogP contribution in [0, 0.1) is 0 Å². The minimum atomic E-state index is -0.536. The molecule has 0 aliphatic heterocycles. The standard InChI is InChI=1S/C15H24N2O4/c1-11(18)10-20-13-6-7-16-9-12(13)5-8-17-14(19)21-15(2,3)4/h6-7,9,11,18H,5,8,10H2,1-4H3,(H,17,19)/t11-/m0/s1. The second-order valence-corrected chi connectivity index (χ2v) is 5.82. The summed E-state index contributed by atoms with van der Waals surface area (Å²) in [5.41, 5.74) is 0.360. The summed E-state index contributed by atoms with van der Waals surface area (Å²) in [4.78, 5) is 15.6. The van der Waals surface area contributed by atoms with Gasteiger partial charge in [-0.05, 0) is 40.2 Å². The Kier molecular flexibility index (Phi) is 6.42. The number of aliphatic hydroxyl groups excluding tert-OH is 1. The highest BCUT2D eigenvalue weighted by Gasteiger charge is 2.15. The average Bonchev–Trinajstić information content (AvgIpc) is 2.35. The lowest BCUT2D eigenvalue weighted by molar-refractivity contribution is 0.0528. The van der Waals surface area contributed by atoms with Gasteiger partial charge in [-0.15, -0.1) is 0 Å². The molecule has 0 saturated carbocycles. The van der Waals surface area contributed by atoms with Crippen molar-refractivity contribution < 1.29 is 19.4 Å². The lowest BCUT2D eigenvalue weighted by atomic mass is 10.2. The van der Waals surface area contributed by atoms with Crippen molar-refractivity contribution in [1.82, 2.24) is 10.3 Å². The predicted octanol–water partition coefficient (Wildman–Crippen LogP) is 1.91. The highest BCUT2D eigenvalue weighted by molar-refractivity contribution is 5.67. The van der Waals surface area contributed by atoms with Crippen LogP contribution in [0.1, 0.15) is 33.3 Å². The lowest BCUT2D eigenvalue weighted by Crippen LogP contribution is -2.33. The molecule has 1 amide bonds. The number of nitrogens with zero attached hydrogens (tertiary/aromatic N) is 1. The van der Waals surface area contributed by atoms with Gasteiger partial charge in [0.05, 0.1) is 6.10 Å². The first kappa shape index (κ1) is 17.2. The SMILES string of the molecule is C[C@H](O)COc1ccncc1CCNC(=O)OC(C)(C)C. The summed E-state index contributed by atoms with van der Waals surface area (Å²) in [5.74, 6) is 0.664. The van der Waals surface area contributed by atoms with Gasteiger partial charge in [0.1, 0.15) is 18.0 Å². The van der Waals surface area contributed by atoms with Gasteiger partial charge in [-0.25, -0.2) is 4.79 Å². The Labute approximate surface area is 125 Å². The van der Waals surface area contributed by atoms with Crippen LogP contribution in [0.2, 0.25) is 0 Å². The van der Waals surface area contributed by atoms with E-state index >= 15 is 0 Å². The average molecular weight is 296 g/mol. The number of aliphatic hydroxyl groups is 1. The molecule has 0 aliphatic carbocycles. The van der Waals surface area contributed by atoms with E-state index in [4.69, 9.17) is 9.47 Å². The number of ether oxygens (including phenoxy) is 2. The van der Waals surface area contributed by atoms with Gasteiger partial charge in [-0.1, -0.05) is 0 Å². The smallest absolute Gasteiger partial charge is 0.407 e. The number of aromatic nitrogens is 1. The maximum Gasteiger partial charge on any atom is 0.407 e. The molecule has 0 aliphatic rings. The molecule has 0 radical (unpaired) electrons. The van der Waals surface area contributed by atoms with Crippen molar-refractivity contribution in [2.75, 3.05) is 13.2 Å². The summed E-state index contributed by atoms with van der Waals surface area (Å²) >= 11 is 0. The number of carbonyl (C=O) groups excluding carboxylic acids is 1. The number of hydrogen-bond donors (Lipinski definition) is 2. The zero-order valence-corrected chi connectivity index (χ0v) is 13.0. The maximum atomic E-state index is 11.5. The van der Waals surface area contributed by atoms with E-state index in [1.807, 2.05) is 20.8 Å². The summed E-state index contributed by atoms with van der Waals surface area (Å²) in [6.45, 7) is 7.74. The van der Waals surface area contributed by atoms with Gasteiger partial charge in [-0.2, -0.15) is 0 Å². The first-order valence-corrected chi connectivity index (χ1v) is 6.98. The fourth-order valence-corrected chi connectivity index (χ4v) is 1.57. The molecule has 0 saturated heterocycles. The van der Waals surface area contributed by atoms with Crippen LogP contribution >= 0.6 is 0 Å². The molecule has 6 nitrogen and oxygen atoms in total. The normalized spacial score (nSPS) is 12.6. The van der Waals surface area contributed by atoms with Crippen LogP contribution < -0.4 is 10.1 Å². The minimum Gasteiger partial charge on any atom is -0.491 e. The summed E-state index contributed by atoms with van der Waals surface area (Å²) in [7, 11) is 0. The largest absolute Gasteiger partial charge is 0.491 e. The number of hydrogen-bond acceptors (Lipinski definition) is 5. The van der Waals surface area contributed by atoms with E-state index in [-0.39, 0.29) is 6.61 Å². The molecule has 6 heteroatoms. The minimum absolute atomic E-state index is 0.219. The third-order valence-electron chi connectivity index (χ3n) is 2.40. The zero-order valence-electron chi connectivity index (χ0n) is 13.0. The van der Waals surface area contributed by atoms with E-state index in [0.717, 1.165) is 5.56 Å². The Morgan fingerprint density at radius 1 is 1.48 bits per heavy atom. The van der Waals surface area contributed by atoms with Crippen molar-refractivity contribution in [2.24, 2.45) is 0 Å². The number of pyridine rings is 1. The van der Waals surface area contributed by atoms with Crippen molar-refractivity contribution in [1.29, 1.82) is 0 Å². The molecular formula is C15H24N2O4. The quantitative estimate of drug-likeness (QED) is 0.838. The molecule has 2 N–H and O–H groups in total. The molecule has 0 fully saturated rings. The Morgan fingerprint density at radius 2 is 2.19 bits per heavy atom. The number of alkyl carbamates (subject to hydrolysis) is 1. The summed E-state index contributed by atoms with van der Waals surface area (Å²) in [6.07, 6.45) is 2.90. The highest BCUT2D eigenvalue weighted by Crippen LogP contribution is 2.17. The third kappa shape index (κ3) is 7.51. The topological polar surface area (TPSA) is 80.7 Å². The Hall–Kier alpha value is -1.82. The molecule has 1 atom stereocenters. The van der Waals surface area contributed by atoms with Gasteiger partial charge in [0.2, 0.25) is 0 Å². The van der Waals surface area contributed by atoms with Crippen molar-refractivity contribution in [3.8, 4) is 5.75 Å². The van der Waals surface area contributed by atoms with Gasteiger partial charge >= 0.3 is 6.09 Å². The predicted molar refractivity (Wildman–Crippen MR) is 79.4 cm³/mol. The van der Waals surface area contributed by atoms with Crippen LogP contribution in [-0.2, 0) is 11.2 Å². The van der Waals surface area contributed by atoms with Crippen LogP contribution in [0.15, 0.2) is 18.5 Å².